The van der Waals surface area contributed by atoms with Gasteiger partial charge in [-0.3, -0.25) is 0 Å². The number of nitrogens with zero attached hydrogens (tertiary/aromatic N) is 1. The summed E-state index contributed by atoms with van der Waals surface area (Å²) in [5.74, 6) is 0. The molecule has 0 aromatic heterocycles. The van der Waals surface area contributed by atoms with Gasteiger partial charge in [-0.2, -0.15) is 0 Å². The molecule has 64 valence electrons. The van der Waals surface area contributed by atoms with Crippen LogP contribution in [0.3, 0.4) is 0 Å². The van der Waals surface area contributed by atoms with Crippen molar-refractivity contribution in [3.8, 4) is 0 Å². The first-order valence-corrected chi connectivity index (χ1v) is 3.94. The fourth-order valence-corrected chi connectivity index (χ4v) is 0.474. The van der Waals surface area contributed by atoms with Crippen molar-refractivity contribution >= 4 is 0 Å². The van der Waals surface area contributed by atoms with Crippen LogP contribution < -0.4 is 0 Å². The maximum absolute atomic E-state index is 7.57. The van der Waals surface area contributed by atoms with E-state index in [0.29, 0.717) is 0 Å². The van der Waals surface area contributed by atoms with Crippen LogP contribution >= 0.6 is 0 Å². The van der Waals surface area contributed by atoms with Gasteiger partial charge in [-0.1, -0.05) is 13.3 Å². The molecule has 0 spiro atoms. The van der Waals surface area contributed by atoms with Gasteiger partial charge in [0.1, 0.15) is 0 Å². The van der Waals surface area contributed by atoms with Gasteiger partial charge < -0.3 is 10.0 Å². The van der Waals surface area contributed by atoms with Gasteiger partial charge in [-0.15, -0.1) is 0 Å². The molecule has 0 unspecified atom stereocenters. The summed E-state index contributed by atoms with van der Waals surface area (Å²) in [6.07, 6.45) is 2.63. The molecule has 0 fully saturated rings. The zero-order chi connectivity index (χ0) is 8.41. The Balaban J connectivity index is 0. The van der Waals surface area contributed by atoms with Crippen molar-refractivity contribution in [3.05, 3.63) is 0 Å². The van der Waals surface area contributed by atoms with Gasteiger partial charge >= 0.3 is 0 Å². The number of unbranched alkanes of at least 4 members (excludes halogenated alkanes) is 1. The standard InChI is InChI=1S/C6H15N.C2H6O/c1-4-5-6-7(2)3;1-2-3/h4-6H2,1-3H3;3H,2H2,1H3. The lowest BCUT2D eigenvalue weighted by Crippen LogP contribution is -2.12. The van der Waals surface area contributed by atoms with Crippen LogP contribution in [0.5, 0.6) is 0 Å². The molecule has 0 rings (SSSR count). The lowest BCUT2D eigenvalue weighted by atomic mass is 10.3. The fraction of sp³-hybridized carbons (Fsp3) is 1.00. The summed E-state index contributed by atoms with van der Waals surface area (Å²) in [7, 11) is 4.21. The Labute approximate surface area is 64.9 Å². The minimum absolute atomic E-state index is 0.250. The molecule has 0 aliphatic heterocycles. The van der Waals surface area contributed by atoms with E-state index >= 15 is 0 Å². The number of rotatable bonds is 3. The highest BCUT2D eigenvalue weighted by Crippen LogP contribution is 1.86. The van der Waals surface area contributed by atoms with E-state index in [2.05, 4.69) is 25.9 Å². The lowest BCUT2D eigenvalue weighted by Gasteiger charge is -2.05. The van der Waals surface area contributed by atoms with Gasteiger partial charge in [-0.05, 0) is 34.0 Å². The maximum atomic E-state index is 7.57. The van der Waals surface area contributed by atoms with Gasteiger partial charge in [-0.25, -0.2) is 0 Å². The van der Waals surface area contributed by atoms with Crippen molar-refractivity contribution in [2.75, 3.05) is 27.2 Å². The Kier molecular flexibility index (Phi) is 14.7. The smallest absolute Gasteiger partial charge is 0.0402 e. The fourth-order valence-electron chi connectivity index (χ4n) is 0.474. The third-order valence-corrected chi connectivity index (χ3v) is 0.959. The second kappa shape index (κ2) is 11.7. The van der Waals surface area contributed by atoms with E-state index in [9.17, 15) is 0 Å². The Morgan fingerprint density at radius 2 is 1.60 bits per heavy atom. The number of aliphatic hydroxyl groups is 1. The van der Waals surface area contributed by atoms with Gasteiger partial charge in [0, 0.05) is 6.61 Å². The summed E-state index contributed by atoms with van der Waals surface area (Å²) in [5, 5.41) is 7.57. The maximum Gasteiger partial charge on any atom is 0.0402 e. The molecule has 10 heavy (non-hydrogen) atoms. The predicted octanol–water partition coefficient (Wildman–Crippen LogP) is 1.35. The molecule has 0 heterocycles. The van der Waals surface area contributed by atoms with E-state index in [4.69, 9.17) is 5.11 Å². The second-order valence-electron chi connectivity index (χ2n) is 2.47. The molecule has 0 aromatic carbocycles. The second-order valence-corrected chi connectivity index (χ2v) is 2.47. The Morgan fingerprint density at radius 3 is 1.70 bits per heavy atom. The number of aliphatic hydroxyl groups excluding tert-OH is 1. The first-order chi connectivity index (χ1) is 4.68. The largest absolute Gasteiger partial charge is 0.397 e. The van der Waals surface area contributed by atoms with E-state index in [1.54, 1.807) is 6.92 Å². The Hall–Kier alpha value is -0.0800. The van der Waals surface area contributed by atoms with E-state index in [0.717, 1.165) is 0 Å². The van der Waals surface area contributed by atoms with Crippen LogP contribution in [0.2, 0.25) is 0 Å². The van der Waals surface area contributed by atoms with Crippen LogP contribution in [0, 0.1) is 0 Å². The van der Waals surface area contributed by atoms with Crippen molar-refractivity contribution < 1.29 is 5.11 Å². The quantitative estimate of drug-likeness (QED) is 0.651. The Bertz CT molecular complexity index is 46.5. The third-order valence-electron chi connectivity index (χ3n) is 0.959. The highest BCUT2D eigenvalue weighted by atomic mass is 16.2. The molecule has 0 aliphatic rings. The molecule has 0 radical (unpaired) electrons. The summed E-state index contributed by atoms with van der Waals surface area (Å²) in [6, 6.07) is 0. The van der Waals surface area contributed by atoms with Gasteiger partial charge in [0.05, 0.1) is 0 Å². The highest BCUT2D eigenvalue weighted by Gasteiger charge is 1.83. The molecule has 0 amide bonds. The summed E-state index contributed by atoms with van der Waals surface area (Å²) in [6.45, 7) is 5.38. The van der Waals surface area contributed by atoms with Crippen molar-refractivity contribution in [2.24, 2.45) is 0 Å². The molecule has 0 atom stereocenters. The van der Waals surface area contributed by atoms with Crippen LogP contribution in [0.1, 0.15) is 26.7 Å². The average Bonchev–Trinajstić information content (AvgIpc) is 1.85. The molecular formula is C8H21NO. The molecule has 0 aromatic rings. The SMILES string of the molecule is CCCCN(C)C.CCO. The first-order valence-electron chi connectivity index (χ1n) is 3.94. The summed E-state index contributed by atoms with van der Waals surface area (Å²) >= 11 is 0. The molecule has 2 nitrogen and oxygen atoms in total. The van der Waals surface area contributed by atoms with Crippen molar-refractivity contribution in [3.63, 3.8) is 0 Å². The molecule has 0 aliphatic carbocycles. The normalized spacial score (nSPS) is 9.00. The van der Waals surface area contributed by atoms with Gasteiger partial charge in [0.15, 0.2) is 0 Å². The zero-order valence-corrected chi connectivity index (χ0v) is 7.72. The van der Waals surface area contributed by atoms with E-state index in [1.807, 2.05) is 0 Å². The van der Waals surface area contributed by atoms with E-state index in [-0.39, 0.29) is 6.61 Å². The van der Waals surface area contributed by atoms with Crippen LogP contribution in [0.4, 0.5) is 0 Å². The molecule has 0 saturated carbocycles. The zero-order valence-electron chi connectivity index (χ0n) is 7.72. The van der Waals surface area contributed by atoms with Gasteiger partial charge in [0.2, 0.25) is 0 Å². The van der Waals surface area contributed by atoms with Crippen LogP contribution in [-0.2, 0) is 0 Å². The van der Waals surface area contributed by atoms with Crippen molar-refractivity contribution in [1.29, 1.82) is 0 Å². The lowest BCUT2D eigenvalue weighted by molar-refractivity contribution is 0.318. The predicted molar refractivity (Wildman–Crippen MR) is 46.2 cm³/mol. The summed E-state index contributed by atoms with van der Waals surface area (Å²) in [4.78, 5) is 2.21. The third kappa shape index (κ3) is 24.7. The van der Waals surface area contributed by atoms with Crippen LogP contribution in [0.25, 0.3) is 0 Å². The van der Waals surface area contributed by atoms with Gasteiger partial charge in [0.25, 0.3) is 0 Å². The van der Waals surface area contributed by atoms with E-state index < -0.39 is 0 Å². The van der Waals surface area contributed by atoms with E-state index in [1.165, 1.54) is 19.4 Å². The minimum atomic E-state index is 0.250. The molecule has 0 saturated heterocycles. The Morgan fingerprint density at radius 1 is 1.20 bits per heavy atom. The van der Waals surface area contributed by atoms with Crippen molar-refractivity contribution in [1.82, 2.24) is 4.90 Å². The minimum Gasteiger partial charge on any atom is -0.397 e. The highest BCUT2D eigenvalue weighted by molar-refractivity contribution is 4.39. The summed E-state index contributed by atoms with van der Waals surface area (Å²) in [5.41, 5.74) is 0. The topological polar surface area (TPSA) is 23.5 Å². The van der Waals surface area contributed by atoms with Crippen molar-refractivity contribution in [2.45, 2.75) is 26.7 Å². The van der Waals surface area contributed by atoms with Crippen LogP contribution in [0.15, 0.2) is 0 Å². The molecule has 2 heteroatoms. The average molecular weight is 147 g/mol. The molecule has 1 N–H and O–H groups in total. The molecular weight excluding hydrogens is 126 g/mol. The monoisotopic (exact) mass is 147 g/mol. The summed E-state index contributed by atoms with van der Waals surface area (Å²) < 4.78 is 0. The first kappa shape index (κ1) is 12.6. The number of hydrogen-bond donors (Lipinski definition) is 1. The molecule has 0 bridgehead atoms. The van der Waals surface area contributed by atoms with Crippen LogP contribution in [-0.4, -0.2) is 37.3 Å². The number of hydrogen-bond acceptors (Lipinski definition) is 2.